The average Bonchev–Trinajstić information content (AvgIpc) is 2.40. The van der Waals surface area contributed by atoms with E-state index in [9.17, 15) is 15.0 Å². The minimum Gasteiger partial charge on any atom is -0.508 e. The standard InChI is InChI=1S/C15H14O4/c1-2-19-15(18)13-9-11(5-8-14(13)17)10-3-6-12(16)7-4-10/h3-9,16-17H,2H2,1H3. The van der Waals surface area contributed by atoms with Gasteiger partial charge >= 0.3 is 5.97 Å². The van der Waals surface area contributed by atoms with Crippen LogP contribution in [0.2, 0.25) is 0 Å². The highest BCUT2D eigenvalue weighted by Crippen LogP contribution is 2.27. The van der Waals surface area contributed by atoms with Crippen molar-refractivity contribution in [3.63, 3.8) is 0 Å². The molecule has 4 nitrogen and oxygen atoms in total. The lowest BCUT2D eigenvalue weighted by molar-refractivity contribution is 0.0523. The maximum absolute atomic E-state index is 11.7. The summed E-state index contributed by atoms with van der Waals surface area (Å²) in [5.41, 5.74) is 1.73. The van der Waals surface area contributed by atoms with Crippen molar-refractivity contribution in [1.29, 1.82) is 0 Å². The molecule has 0 saturated carbocycles. The lowest BCUT2D eigenvalue weighted by Crippen LogP contribution is -2.05. The number of aromatic hydroxyl groups is 2. The summed E-state index contributed by atoms with van der Waals surface area (Å²) in [5.74, 6) is -0.491. The molecule has 0 bridgehead atoms. The number of phenols is 2. The van der Waals surface area contributed by atoms with Crippen LogP contribution in [0.4, 0.5) is 0 Å². The predicted octanol–water partition coefficient (Wildman–Crippen LogP) is 2.94. The second-order valence-corrected chi connectivity index (χ2v) is 4.00. The summed E-state index contributed by atoms with van der Waals surface area (Å²) in [5, 5.41) is 18.9. The Morgan fingerprint density at radius 3 is 2.32 bits per heavy atom. The molecule has 2 aromatic rings. The van der Waals surface area contributed by atoms with Gasteiger partial charge in [-0.2, -0.15) is 0 Å². The van der Waals surface area contributed by atoms with E-state index in [0.29, 0.717) is 0 Å². The van der Waals surface area contributed by atoms with E-state index in [4.69, 9.17) is 4.74 Å². The first-order valence-corrected chi connectivity index (χ1v) is 5.91. The molecular formula is C15H14O4. The van der Waals surface area contributed by atoms with Crippen molar-refractivity contribution in [2.75, 3.05) is 6.61 Å². The second kappa shape index (κ2) is 5.44. The predicted molar refractivity (Wildman–Crippen MR) is 71.2 cm³/mol. The molecule has 0 amide bonds. The molecule has 4 heteroatoms. The molecule has 0 atom stereocenters. The molecule has 0 aliphatic heterocycles. The van der Waals surface area contributed by atoms with Crippen molar-refractivity contribution in [1.82, 2.24) is 0 Å². The minimum atomic E-state index is -0.555. The van der Waals surface area contributed by atoms with E-state index in [1.165, 1.54) is 6.07 Å². The first-order valence-electron chi connectivity index (χ1n) is 5.91. The van der Waals surface area contributed by atoms with Crippen molar-refractivity contribution in [2.45, 2.75) is 6.92 Å². The fourth-order valence-electron chi connectivity index (χ4n) is 1.74. The molecule has 0 unspecified atom stereocenters. The van der Waals surface area contributed by atoms with E-state index in [1.807, 2.05) is 0 Å². The number of benzene rings is 2. The van der Waals surface area contributed by atoms with Crippen LogP contribution in [0.1, 0.15) is 17.3 Å². The zero-order chi connectivity index (χ0) is 13.8. The van der Waals surface area contributed by atoms with Gasteiger partial charge in [0.1, 0.15) is 17.1 Å². The third-order valence-electron chi connectivity index (χ3n) is 2.69. The number of carbonyl (C=O) groups excluding carboxylic acids is 1. The van der Waals surface area contributed by atoms with Gasteiger partial charge in [0.15, 0.2) is 0 Å². The van der Waals surface area contributed by atoms with Crippen LogP contribution < -0.4 is 0 Å². The third kappa shape index (κ3) is 2.85. The van der Waals surface area contributed by atoms with Crippen molar-refractivity contribution in [3.05, 3.63) is 48.0 Å². The van der Waals surface area contributed by atoms with Crippen LogP contribution in [0.3, 0.4) is 0 Å². The molecule has 0 radical (unpaired) electrons. The largest absolute Gasteiger partial charge is 0.508 e. The van der Waals surface area contributed by atoms with Gasteiger partial charge in [0, 0.05) is 0 Å². The lowest BCUT2D eigenvalue weighted by atomic mass is 10.0. The highest BCUT2D eigenvalue weighted by atomic mass is 16.5. The minimum absolute atomic E-state index is 0.110. The molecule has 0 fully saturated rings. The van der Waals surface area contributed by atoms with Crippen LogP contribution >= 0.6 is 0 Å². The summed E-state index contributed by atoms with van der Waals surface area (Å²) in [6.07, 6.45) is 0. The summed E-state index contributed by atoms with van der Waals surface area (Å²) in [6, 6.07) is 11.3. The number of phenolic OH excluding ortho intramolecular Hbond substituents is 2. The van der Waals surface area contributed by atoms with Crippen molar-refractivity contribution >= 4 is 5.97 Å². The fraction of sp³-hybridized carbons (Fsp3) is 0.133. The van der Waals surface area contributed by atoms with E-state index in [1.54, 1.807) is 43.3 Å². The Labute approximate surface area is 110 Å². The first-order chi connectivity index (χ1) is 9.11. The monoisotopic (exact) mass is 258 g/mol. The quantitative estimate of drug-likeness (QED) is 0.831. The molecule has 0 spiro atoms. The van der Waals surface area contributed by atoms with Crippen molar-refractivity contribution in [2.24, 2.45) is 0 Å². The fourth-order valence-corrected chi connectivity index (χ4v) is 1.74. The number of esters is 1. The second-order valence-electron chi connectivity index (χ2n) is 4.00. The molecule has 0 heterocycles. The van der Waals surface area contributed by atoms with Gasteiger partial charge in [-0.05, 0) is 42.3 Å². The van der Waals surface area contributed by atoms with E-state index in [0.717, 1.165) is 11.1 Å². The summed E-state index contributed by atoms with van der Waals surface area (Å²) >= 11 is 0. The maximum atomic E-state index is 11.7. The van der Waals surface area contributed by atoms with Gasteiger partial charge in [-0.15, -0.1) is 0 Å². The zero-order valence-corrected chi connectivity index (χ0v) is 10.5. The molecule has 2 N–H and O–H groups in total. The van der Waals surface area contributed by atoms with Gasteiger partial charge in [0.05, 0.1) is 6.61 Å². The Hall–Kier alpha value is -2.49. The molecule has 0 aliphatic rings. The van der Waals surface area contributed by atoms with Gasteiger partial charge in [0.2, 0.25) is 0 Å². The molecule has 2 rings (SSSR count). The molecule has 0 saturated heterocycles. The van der Waals surface area contributed by atoms with Gasteiger partial charge in [-0.1, -0.05) is 18.2 Å². The van der Waals surface area contributed by atoms with E-state index >= 15 is 0 Å². The zero-order valence-electron chi connectivity index (χ0n) is 10.5. The Balaban J connectivity index is 2.40. The highest BCUT2D eigenvalue weighted by Gasteiger charge is 2.13. The summed E-state index contributed by atoms with van der Waals surface area (Å²) in [7, 11) is 0. The number of hydrogen-bond donors (Lipinski definition) is 2. The van der Waals surface area contributed by atoms with Gasteiger partial charge < -0.3 is 14.9 Å². The Kier molecular flexibility index (Phi) is 3.71. The van der Waals surface area contributed by atoms with Gasteiger partial charge in [0.25, 0.3) is 0 Å². The molecule has 98 valence electrons. The van der Waals surface area contributed by atoms with Crippen LogP contribution in [0.5, 0.6) is 11.5 Å². The van der Waals surface area contributed by atoms with E-state index < -0.39 is 5.97 Å². The highest BCUT2D eigenvalue weighted by molar-refractivity contribution is 5.94. The summed E-state index contributed by atoms with van der Waals surface area (Å²) in [6.45, 7) is 1.96. The average molecular weight is 258 g/mol. The SMILES string of the molecule is CCOC(=O)c1cc(-c2ccc(O)cc2)ccc1O. The molecule has 2 aromatic carbocycles. The molecule has 0 aliphatic carbocycles. The van der Waals surface area contributed by atoms with Gasteiger partial charge in [-0.3, -0.25) is 0 Å². The number of hydrogen-bond acceptors (Lipinski definition) is 4. The van der Waals surface area contributed by atoms with Crippen LogP contribution in [0, 0.1) is 0 Å². The number of carbonyl (C=O) groups is 1. The van der Waals surface area contributed by atoms with Crippen LogP contribution in [0.15, 0.2) is 42.5 Å². The normalized spacial score (nSPS) is 10.2. The topological polar surface area (TPSA) is 66.8 Å². The maximum Gasteiger partial charge on any atom is 0.341 e. The Morgan fingerprint density at radius 1 is 1.05 bits per heavy atom. The van der Waals surface area contributed by atoms with Crippen molar-refractivity contribution < 1.29 is 19.7 Å². The Morgan fingerprint density at radius 2 is 1.68 bits per heavy atom. The van der Waals surface area contributed by atoms with Crippen molar-refractivity contribution in [3.8, 4) is 22.6 Å². The third-order valence-corrected chi connectivity index (χ3v) is 2.69. The number of ether oxygens (including phenoxy) is 1. The molecule has 19 heavy (non-hydrogen) atoms. The van der Waals surface area contributed by atoms with E-state index in [2.05, 4.69) is 0 Å². The molecule has 0 aromatic heterocycles. The van der Waals surface area contributed by atoms with E-state index in [-0.39, 0.29) is 23.7 Å². The first kappa shape index (κ1) is 13.0. The van der Waals surface area contributed by atoms with Crippen LogP contribution in [0.25, 0.3) is 11.1 Å². The van der Waals surface area contributed by atoms with Crippen LogP contribution in [-0.2, 0) is 4.74 Å². The smallest absolute Gasteiger partial charge is 0.341 e. The Bertz CT molecular complexity index is 588. The number of rotatable bonds is 3. The van der Waals surface area contributed by atoms with Crippen LogP contribution in [-0.4, -0.2) is 22.8 Å². The lowest BCUT2D eigenvalue weighted by Gasteiger charge is -2.07. The molecular weight excluding hydrogens is 244 g/mol. The summed E-state index contributed by atoms with van der Waals surface area (Å²) < 4.78 is 4.88. The van der Waals surface area contributed by atoms with Gasteiger partial charge in [-0.25, -0.2) is 4.79 Å². The summed E-state index contributed by atoms with van der Waals surface area (Å²) in [4.78, 5) is 11.7.